The van der Waals surface area contributed by atoms with Gasteiger partial charge < -0.3 is 15.3 Å². The highest BCUT2D eigenvalue weighted by molar-refractivity contribution is 5.86. The van der Waals surface area contributed by atoms with Crippen LogP contribution in [0.4, 0.5) is 5.95 Å². The number of fused-ring (bicyclic) bond motifs is 1. The highest BCUT2D eigenvalue weighted by atomic mass is 16.4. The second-order valence-corrected chi connectivity index (χ2v) is 7.25. The van der Waals surface area contributed by atoms with Crippen LogP contribution in [-0.4, -0.2) is 46.7 Å². The fourth-order valence-electron chi connectivity index (χ4n) is 4.28. The van der Waals surface area contributed by atoms with Crippen LogP contribution in [0.25, 0.3) is 0 Å². The number of rotatable bonds is 5. The van der Waals surface area contributed by atoms with Gasteiger partial charge in [-0.05, 0) is 37.1 Å². The molecule has 0 amide bonds. The van der Waals surface area contributed by atoms with E-state index in [0.29, 0.717) is 23.8 Å². The van der Waals surface area contributed by atoms with E-state index in [2.05, 4.69) is 20.2 Å². The second-order valence-electron chi connectivity index (χ2n) is 7.25. The molecule has 1 saturated heterocycles. The van der Waals surface area contributed by atoms with E-state index in [1.54, 1.807) is 0 Å². The SMILES string of the molecule is O=C(O)c1cnc(N2C[C@@H]3C(NCC4CCCCC4)[C@@H]3C2)nc1. The summed E-state index contributed by atoms with van der Waals surface area (Å²) in [4.78, 5) is 21.4. The molecule has 1 unspecified atom stereocenters. The Bertz CT molecular complexity index is 558. The summed E-state index contributed by atoms with van der Waals surface area (Å²) in [5, 5.41) is 12.7. The molecular formula is C17H24N4O2. The Balaban J connectivity index is 1.25. The van der Waals surface area contributed by atoms with E-state index in [4.69, 9.17) is 5.11 Å². The highest BCUT2D eigenvalue weighted by Gasteiger charge is 2.56. The van der Waals surface area contributed by atoms with E-state index in [-0.39, 0.29) is 5.56 Å². The summed E-state index contributed by atoms with van der Waals surface area (Å²) in [7, 11) is 0. The summed E-state index contributed by atoms with van der Waals surface area (Å²) in [6.07, 6.45) is 9.81. The van der Waals surface area contributed by atoms with Gasteiger partial charge >= 0.3 is 5.97 Å². The standard InChI is InChI=1S/C17H24N4O2/c22-16(23)12-7-19-17(20-8-12)21-9-13-14(10-21)15(13)18-6-11-4-2-1-3-5-11/h7-8,11,13-15,18H,1-6,9-10H2,(H,22,23)/t13-,14+,15?. The molecule has 2 aliphatic carbocycles. The summed E-state index contributed by atoms with van der Waals surface area (Å²) in [5.41, 5.74) is 0.144. The van der Waals surface area contributed by atoms with Gasteiger partial charge in [0.1, 0.15) is 0 Å². The van der Waals surface area contributed by atoms with Crippen LogP contribution in [0.15, 0.2) is 12.4 Å². The number of hydrogen-bond donors (Lipinski definition) is 2. The molecule has 23 heavy (non-hydrogen) atoms. The summed E-state index contributed by atoms with van der Waals surface area (Å²) in [6.45, 7) is 3.15. The molecule has 0 radical (unpaired) electrons. The number of carboxylic acid groups (broad SMARTS) is 1. The summed E-state index contributed by atoms with van der Waals surface area (Å²) < 4.78 is 0. The predicted molar refractivity (Wildman–Crippen MR) is 86.6 cm³/mol. The number of carbonyl (C=O) groups is 1. The van der Waals surface area contributed by atoms with E-state index < -0.39 is 5.97 Å². The largest absolute Gasteiger partial charge is 0.478 e. The first kappa shape index (κ1) is 14.9. The van der Waals surface area contributed by atoms with Gasteiger partial charge in [0, 0.05) is 31.5 Å². The molecule has 124 valence electrons. The van der Waals surface area contributed by atoms with Crippen LogP contribution >= 0.6 is 0 Å². The normalized spacial score (nSPS) is 30.3. The number of nitrogens with one attached hydrogen (secondary N) is 1. The lowest BCUT2D eigenvalue weighted by atomic mass is 9.89. The minimum absolute atomic E-state index is 0.144. The highest BCUT2D eigenvalue weighted by Crippen LogP contribution is 2.46. The lowest BCUT2D eigenvalue weighted by Crippen LogP contribution is -2.34. The van der Waals surface area contributed by atoms with Gasteiger partial charge in [0.2, 0.25) is 5.95 Å². The van der Waals surface area contributed by atoms with Crippen molar-refractivity contribution in [2.45, 2.75) is 38.1 Å². The molecule has 2 saturated carbocycles. The van der Waals surface area contributed by atoms with Crippen LogP contribution in [0.1, 0.15) is 42.5 Å². The smallest absolute Gasteiger partial charge is 0.338 e. The molecular weight excluding hydrogens is 292 g/mol. The minimum Gasteiger partial charge on any atom is -0.478 e. The molecule has 2 heterocycles. The van der Waals surface area contributed by atoms with Crippen molar-refractivity contribution >= 4 is 11.9 Å². The van der Waals surface area contributed by atoms with Crippen molar-refractivity contribution in [3.05, 3.63) is 18.0 Å². The molecule has 1 aliphatic heterocycles. The first-order valence-corrected chi connectivity index (χ1v) is 8.76. The van der Waals surface area contributed by atoms with Gasteiger partial charge in [0.05, 0.1) is 5.56 Å². The van der Waals surface area contributed by atoms with Crippen molar-refractivity contribution in [2.24, 2.45) is 17.8 Å². The van der Waals surface area contributed by atoms with E-state index in [0.717, 1.165) is 19.0 Å². The molecule has 3 aliphatic rings. The molecule has 1 aromatic heterocycles. The molecule has 3 atom stereocenters. The Morgan fingerprint density at radius 1 is 1.17 bits per heavy atom. The average Bonchev–Trinajstić information content (AvgIpc) is 3.03. The van der Waals surface area contributed by atoms with E-state index in [1.165, 1.54) is 51.0 Å². The Morgan fingerprint density at radius 3 is 2.43 bits per heavy atom. The molecule has 4 rings (SSSR count). The number of anilines is 1. The Hall–Kier alpha value is -1.69. The zero-order valence-corrected chi connectivity index (χ0v) is 13.3. The van der Waals surface area contributed by atoms with E-state index >= 15 is 0 Å². The molecule has 3 fully saturated rings. The number of nitrogens with zero attached hydrogens (tertiary/aromatic N) is 3. The third kappa shape index (κ3) is 3.04. The zero-order valence-electron chi connectivity index (χ0n) is 13.3. The third-order valence-electron chi connectivity index (χ3n) is 5.73. The van der Waals surface area contributed by atoms with Crippen LogP contribution in [0.5, 0.6) is 0 Å². The van der Waals surface area contributed by atoms with Crippen LogP contribution in [0, 0.1) is 17.8 Å². The lowest BCUT2D eigenvalue weighted by Gasteiger charge is -2.24. The van der Waals surface area contributed by atoms with E-state index in [9.17, 15) is 4.79 Å². The van der Waals surface area contributed by atoms with Gasteiger partial charge in [-0.2, -0.15) is 0 Å². The fraction of sp³-hybridized carbons (Fsp3) is 0.706. The second kappa shape index (κ2) is 6.07. The maximum Gasteiger partial charge on any atom is 0.338 e. The fourth-order valence-corrected chi connectivity index (χ4v) is 4.28. The topological polar surface area (TPSA) is 78.3 Å². The predicted octanol–water partition coefficient (Wildman–Crippen LogP) is 1.78. The van der Waals surface area contributed by atoms with Crippen molar-refractivity contribution in [1.29, 1.82) is 0 Å². The maximum atomic E-state index is 10.8. The summed E-state index contributed by atoms with van der Waals surface area (Å²) in [6, 6.07) is 0.673. The number of hydrogen-bond acceptors (Lipinski definition) is 5. The van der Waals surface area contributed by atoms with E-state index in [1.807, 2.05) is 0 Å². The Labute approximate surface area is 136 Å². The molecule has 2 N–H and O–H groups in total. The minimum atomic E-state index is -0.979. The number of piperidine rings is 1. The molecule has 0 aromatic carbocycles. The lowest BCUT2D eigenvalue weighted by molar-refractivity contribution is 0.0696. The van der Waals surface area contributed by atoms with Gasteiger partial charge in [-0.3, -0.25) is 0 Å². The monoisotopic (exact) mass is 316 g/mol. The van der Waals surface area contributed by atoms with Crippen LogP contribution in [0.2, 0.25) is 0 Å². The summed E-state index contributed by atoms with van der Waals surface area (Å²) in [5.74, 6) is 1.98. The number of aromatic nitrogens is 2. The molecule has 6 nitrogen and oxygen atoms in total. The van der Waals surface area contributed by atoms with Crippen molar-refractivity contribution in [3.8, 4) is 0 Å². The molecule has 1 aromatic rings. The van der Waals surface area contributed by atoms with Crippen molar-refractivity contribution in [3.63, 3.8) is 0 Å². The van der Waals surface area contributed by atoms with Gasteiger partial charge in [0.15, 0.2) is 0 Å². The van der Waals surface area contributed by atoms with Crippen molar-refractivity contribution in [1.82, 2.24) is 15.3 Å². The number of carboxylic acids is 1. The van der Waals surface area contributed by atoms with Gasteiger partial charge in [-0.15, -0.1) is 0 Å². The first-order chi connectivity index (χ1) is 11.2. The molecule has 6 heteroatoms. The summed E-state index contributed by atoms with van der Waals surface area (Å²) >= 11 is 0. The third-order valence-corrected chi connectivity index (χ3v) is 5.73. The maximum absolute atomic E-state index is 10.8. The van der Waals surface area contributed by atoms with Gasteiger partial charge in [-0.1, -0.05) is 19.3 Å². The van der Waals surface area contributed by atoms with Crippen LogP contribution in [-0.2, 0) is 0 Å². The molecule has 0 spiro atoms. The Kier molecular flexibility index (Phi) is 3.93. The Morgan fingerprint density at radius 2 is 1.83 bits per heavy atom. The van der Waals surface area contributed by atoms with Crippen LogP contribution < -0.4 is 10.2 Å². The van der Waals surface area contributed by atoms with Crippen molar-refractivity contribution < 1.29 is 9.90 Å². The quantitative estimate of drug-likeness (QED) is 0.862. The van der Waals surface area contributed by atoms with Crippen LogP contribution in [0.3, 0.4) is 0 Å². The van der Waals surface area contributed by atoms with Gasteiger partial charge in [0.25, 0.3) is 0 Å². The van der Waals surface area contributed by atoms with Gasteiger partial charge in [-0.25, -0.2) is 14.8 Å². The van der Waals surface area contributed by atoms with Crippen molar-refractivity contribution in [2.75, 3.05) is 24.5 Å². The average molecular weight is 316 g/mol. The zero-order chi connectivity index (χ0) is 15.8. The first-order valence-electron chi connectivity index (χ1n) is 8.76. The number of aromatic carboxylic acids is 1. The molecule has 0 bridgehead atoms.